The number of carbonyl (C=O) groups is 1. The van der Waals surface area contributed by atoms with Crippen LogP contribution in [0.4, 0.5) is 0 Å². The van der Waals surface area contributed by atoms with E-state index in [1.54, 1.807) is 7.11 Å². The van der Waals surface area contributed by atoms with E-state index < -0.39 is 41.8 Å². The summed E-state index contributed by atoms with van der Waals surface area (Å²) in [4.78, 5) is 17.4. The van der Waals surface area contributed by atoms with Crippen LogP contribution in [0.3, 0.4) is 0 Å². The fraction of sp³-hybridized carbons (Fsp3) is 0.915. The van der Waals surface area contributed by atoms with Gasteiger partial charge in [0, 0.05) is 82.1 Å². The van der Waals surface area contributed by atoms with Crippen LogP contribution in [-0.2, 0) is 71.1 Å². The van der Waals surface area contributed by atoms with Gasteiger partial charge >= 0.3 is 5.97 Å². The lowest BCUT2D eigenvalue weighted by atomic mass is 9.79. The summed E-state index contributed by atoms with van der Waals surface area (Å²) in [6.07, 6.45) is 8.05. The number of fused-ring (bicyclic) bond motifs is 12. The van der Waals surface area contributed by atoms with Crippen molar-refractivity contribution in [3.05, 3.63) is 34.7 Å². The number of esters is 1. The molecule has 10 bridgehead atoms. The first-order valence-electron chi connectivity index (χ1n) is 30.3. The van der Waals surface area contributed by atoms with Crippen molar-refractivity contribution in [1.82, 2.24) is 0 Å². The Labute approximate surface area is 459 Å². The van der Waals surface area contributed by atoms with Crippen molar-refractivity contribution in [1.29, 1.82) is 0 Å². The smallest absolute Gasteiger partial charge is 0.308 e. The number of aliphatic hydroxyl groups excluding tert-OH is 1. The minimum absolute atomic E-state index is 0.000579. The van der Waals surface area contributed by atoms with Crippen LogP contribution in [0.1, 0.15) is 156 Å². The molecule has 0 radical (unpaired) electrons. The lowest BCUT2D eigenvalue weighted by molar-refractivity contribution is -0.337. The highest BCUT2D eigenvalue weighted by atomic mass is 16.7. The molecule has 0 saturated carbocycles. The molecule has 1 N–H and O–H groups in total. The number of nitrogens with zero attached hydrogens (tertiary/aromatic N) is 3. The molecule has 28 atom stereocenters. The molecule has 0 aliphatic carbocycles. The van der Waals surface area contributed by atoms with Crippen molar-refractivity contribution in [2.45, 2.75) is 302 Å². The number of azide groups is 1. The van der Waals surface area contributed by atoms with Gasteiger partial charge in [0.25, 0.3) is 0 Å². The molecular formula is C59H87N3O16. The number of aliphatic hydroxyl groups is 1. The SMILES string of the molecule is C=C1CC2CC[C@]34CCC(O3)[C@H]3C[C@@H](O4)[C@H]4O[C@H](CC[C@@H]4O3)CC(=O)O[C@@H]3[C@@H](C)[C@@H]4O[C@@H]5C[C@]6(CC[C@H]([C@@H](C)C[C@]7(OC)C[C@H](C)[C@@H]8OC(CN=[N+]=[N-])[C@H](O)C[C@@H]8O7)O6)O[C@@H]5C[C@@H]4O[C@H]3C[C@H]3O[C@@H](CCC1O2)C[C@@H](C)C3=C. The number of ether oxygens (including phenoxy) is 14. The first kappa shape index (κ1) is 54.9. The molecule has 13 heterocycles. The lowest BCUT2D eigenvalue weighted by Crippen LogP contribution is -2.61. The zero-order chi connectivity index (χ0) is 53.8. The number of methoxy groups -OCH3 is 1. The standard InChI is InChI=1S/C59H87N3O16/c1-29-18-35-8-10-39-30(2)19-37(66-39)12-15-57-16-14-41(75-57)44-23-49(77-57)56-42(69-44)11-9-36(68-56)20-52(64)73-55-34(6)54-47(70-46(55)22-43(67-35)33(29)5)24-45-50(71-54)27-58(76-45)17-13-40(74-58)31(3)25-59(65-7)26-32(4)53-48(78-59)21-38(63)51(72-53)28-61-62-60/h29,31-32,34-51,53-56,63H,2,5,8-28H2,1,3-4,6-7H3/t29-,31+,32+,34+,35+,36-,37?,38-,39?,40-,41?,42+,43-,44-,45-,46+,47+,48+,49-,50-,51?,53+,54+,55-,56+,57+,58+,59-/m1/s1. The third kappa shape index (κ3) is 10.5. The molecule has 4 unspecified atom stereocenters. The van der Waals surface area contributed by atoms with Gasteiger partial charge in [0.1, 0.15) is 12.2 Å². The average Bonchev–Trinajstić information content (AvgIpc) is 4.21. The van der Waals surface area contributed by atoms with E-state index in [0.29, 0.717) is 51.4 Å². The van der Waals surface area contributed by atoms with Crippen molar-refractivity contribution >= 4 is 5.97 Å². The average molecular weight is 1090 g/mol. The normalized spacial score (nSPS) is 53.4. The summed E-state index contributed by atoms with van der Waals surface area (Å²) in [5.74, 6) is -2.57. The number of carbonyl (C=O) groups excluding carboxylic acids is 1. The summed E-state index contributed by atoms with van der Waals surface area (Å²) in [6, 6.07) is 0. The van der Waals surface area contributed by atoms with Gasteiger partial charge in [-0.3, -0.25) is 4.79 Å². The molecule has 19 nitrogen and oxygen atoms in total. The predicted octanol–water partition coefficient (Wildman–Crippen LogP) is 8.14. The van der Waals surface area contributed by atoms with E-state index >= 15 is 0 Å². The van der Waals surface area contributed by atoms with Gasteiger partial charge in [0.05, 0.1) is 129 Å². The minimum Gasteiger partial charge on any atom is -0.459 e. The molecule has 13 aliphatic heterocycles. The first-order valence-corrected chi connectivity index (χ1v) is 30.3. The van der Waals surface area contributed by atoms with E-state index in [4.69, 9.17) is 71.8 Å². The Bertz CT molecular complexity index is 2290. The summed E-state index contributed by atoms with van der Waals surface area (Å²) in [6.45, 7) is 17.9. The summed E-state index contributed by atoms with van der Waals surface area (Å²) < 4.78 is 95.5. The number of hydrogen-bond acceptors (Lipinski definition) is 17. The Morgan fingerprint density at radius 3 is 2.23 bits per heavy atom. The van der Waals surface area contributed by atoms with Gasteiger partial charge in [-0.25, -0.2) is 0 Å². The van der Waals surface area contributed by atoms with Gasteiger partial charge in [0.2, 0.25) is 0 Å². The Hall–Kier alpha value is -2.30. The third-order valence-electron chi connectivity index (χ3n) is 21.2. The summed E-state index contributed by atoms with van der Waals surface area (Å²) >= 11 is 0. The van der Waals surface area contributed by atoms with E-state index in [-0.39, 0.29) is 146 Å². The maximum absolute atomic E-state index is 14.5. The van der Waals surface area contributed by atoms with E-state index in [1.807, 2.05) is 0 Å². The molecule has 2 spiro atoms. The second-order valence-electron chi connectivity index (χ2n) is 26.5. The predicted molar refractivity (Wildman–Crippen MR) is 277 cm³/mol. The van der Waals surface area contributed by atoms with Gasteiger partial charge < -0.3 is 71.4 Å². The fourth-order valence-electron chi connectivity index (χ4n) is 17.0. The van der Waals surface area contributed by atoms with E-state index in [1.165, 1.54) is 0 Å². The number of hydrogen-bond donors (Lipinski definition) is 1. The largest absolute Gasteiger partial charge is 0.459 e. The molecule has 13 rings (SSSR count). The monoisotopic (exact) mass is 1090 g/mol. The molecular weight excluding hydrogens is 1010 g/mol. The molecule has 0 amide bonds. The van der Waals surface area contributed by atoms with Crippen molar-refractivity contribution in [3.8, 4) is 0 Å². The Morgan fingerprint density at radius 1 is 0.654 bits per heavy atom. The van der Waals surface area contributed by atoms with Crippen molar-refractivity contribution < 1.29 is 76.2 Å². The molecule has 0 aromatic carbocycles. The maximum atomic E-state index is 14.5. The van der Waals surface area contributed by atoms with Gasteiger partial charge in [-0.15, -0.1) is 0 Å². The summed E-state index contributed by atoms with van der Waals surface area (Å²) in [7, 11) is 1.69. The van der Waals surface area contributed by atoms with Crippen LogP contribution in [0, 0.1) is 23.7 Å². The van der Waals surface area contributed by atoms with Crippen molar-refractivity contribution in [3.63, 3.8) is 0 Å². The van der Waals surface area contributed by atoms with Crippen LogP contribution < -0.4 is 0 Å². The van der Waals surface area contributed by atoms with Crippen LogP contribution in [0.25, 0.3) is 10.4 Å². The molecule has 13 aliphatic rings. The van der Waals surface area contributed by atoms with Crippen LogP contribution in [0.15, 0.2) is 29.4 Å². The zero-order valence-corrected chi connectivity index (χ0v) is 46.6. The van der Waals surface area contributed by atoms with Gasteiger partial charge in [-0.1, -0.05) is 46.0 Å². The van der Waals surface area contributed by atoms with Crippen molar-refractivity contribution in [2.75, 3.05) is 13.7 Å². The Morgan fingerprint density at radius 2 is 1.38 bits per heavy atom. The van der Waals surface area contributed by atoms with E-state index in [2.05, 4.69) is 50.9 Å². The minimum atomic E-state index is -0.888. The van der Waals surface area contributed by atoms with Crippen LogP contribution in [0.2, 0.25) is 0 Å². The number of rotatable bonds is 6. The molecule has 13 fully saturated rings. The molecule has 19 heteroatoms. The van der Waals surface area contributed by atoms with Gasteiger partial charge in [-0.2, -0.15) is 0 Å². The summed E-state index contributed by atoms with van der Waals surface area (Å²) in [5.41, 5.74) is 11.1. The molecule has 0 aromatic heterocycles. The first-order chi connectivity index (χ1) is 37.6. The maximum Gasteiger partial charge on any atom is 0.308 e. The highest BCUT2D eigenvalue weighted by Gasteiger charge is 2.61. The van der Waals surface area contributed by atoms with Gasteiger partial charge in [0.15, 0.2) is 17.4 Å². The third-order valence-corrected chi connectivity index (χ3v) is 21.2. The van der Waals surface area contributed by atoms with Crippen LogP contribution in [-0.4, -0.2) is 170 Å². The fourth-order valence-corrected chi connectivity index (χ4v) is 17.0. The molecule has 13 saturated heterocycles. The zero-order valence-electron chi connectivity index (χ0n) is 46.6. The van der Waals surface area contributed by atoms with Gasteiger partial charge in [-0.05, 0) is 92.2 Å². The topological polar surface area (TPSA) is 215 Å². The second-order valence-corrected chi connectivity index (χ2v) is 26.5. The van der Waals surface area contributed by atoms with Crippen molar-refractivity contribution in [2.24, 2.45) is 28.8 Å². The Kier molecular flexibility index (Phi) is 15.3. The quantitative estimate of drug-likeness (QED) is 0.0873. The lowest BCUT2D eigenvalue weighted by Gasteiger charge is -2.51. The Balaban J connectivity index is 0.700. The highest BCUT2D eigenvalue weighted by molar-refractivity contribution is 5.70. The van der Waals surface area contributed by atoms with Crippen LogP contribution >= 0.6 is 0 Å². The molecule has 78 heavy (non-hydrogen) atoms. The molecule has 0 aromatic rings. The summed E-state index contributed by atoms with van der Waals surface area (Å²) in [5, 5.41) is 14.6. The van der Waals surface area contributed by atoms with Crippen LogP contribution in [0.5, 0.6) is 0 Å². The highest BCUT2D eigenvalue weighted by Crippen LogP contribution is 2.53. The second kappa shape index (κ2) is 21.7. The van der Waals surface area contributed by atoms with E-state index in [9.17, 15) is 9.90 Å². The molecule has 434 valence electrons. The van der Waals surface area contributed by atoms with E-state index in [0.717, 1.165) is 81.8 Å².